The molecule has 1 aliphatic heterocycles. The van der Waals surface area contributed by atoms with Crippen LogP contribution >= 0.6 is 15.9 Å². The van der Waals surface area contributed by atoms with Crippen LogP contribution in [-0.2, 0) is 11.8 Å². The van der Waals surface area contributed by atoms with E-state index in [4.69, 9.17) is 0 Å². The first-order valence-corrected chi connectivity index (χ1v) is 6.70. The summed E-state index contributed by atoms with van der Waals surface area (Å²) in [6.45, 7) is 0.231. The standard InChI is InChI=1S/C12H10BrFN4O2/c1-17-9-5-7(13)8(14)4-6(9)11(16-17)18-3-2-10(19)15-12(18)20/h4-5H,2-3H2,1H3,(H,15,19,20). The third-order valence-corrected chi connectivity index (χ3v) is 3.79. The molecule has 0 spiro atoms. The molecule has 1 aromatic heterocycles. The molecule has 6 nitrogen and oxygen atoms in total. The predicted octanol–water partition coefficient (Wildman–Crippen LogP) is 1.92. The summed E-state index contributed by atoms with van der Waals surface area (Å²) in [5.41, 5.74) is 0.693. The van der Waals surface area contributed by atoms with E-state index in [0.717, 1.165) is 0 Å². The number of carbonyl (C=O) groups is 2. The molecule has 1 N–H and O–H groups in total. The lowest BCUT2D eigenvalue weighted by molar-refractivity contribution is -0.120. The molecule has 1 fully saturated rings. The normalized spacial score (nSPS) is 15.8. The largest absolute Gasteiger partial charge is 0.329 e. The molecule has 20 heavy (non-hydrogen) atoms. The summed E-state index contributed by atoms with van der Waals surface area (Å²) in [6.07, 6.45) is 0.197. The molecule has 0 radical (unpaired) electrons. The first-order valence-electron chi connectivity index (χ1n) is 5.90. The maximum Gasteiger partial charge on any atom is 0.329 e. The Balaban J connectivity index is 2.14. The highest BCUT2D eigenvalue weighted by atomic mass is 79.9. The fourth-order valence-electron chi connectivity index (χ4n) is 2.20. The van der Waals surface area contributed by atoms with Gasteiger partial charge in [0.05, 0.1) is 9.99 Å². The molecule has 1 saturated heterocycles. The third-order valence-electron chi connectivity index (χ3n) is 3.18. The van der Waals surface area contributed by atoms with Gasteiger partial charge in [-0.2, -0.15) is 5.10 Å². The Morgan fingerprint density at radius 1 is 1.40 bits per heavy atom. The van der Waals surface area contributed by atoms with E-state index >= 15 is 0 Å². The van der Waals surface area contributed by atoms with Gasteiger partial charge in [0, 0.05) is 25.4 Å². The molecule has 2 heterocycles. The van der Waals surface area contributed by atoms with Crippen molar-refractivity contribution in [1.82, 2.24) is 15.1 Å². The number of halogens is 2. The molecule has 1 aromatic carbocycles. The zero-order chi connectivity index (χ0) is 14.4. The average Bonchev–Trinajstić information content (AvgIpc) is 2.67. The number of amides is 3. The lowest BCUT2D eigenvalue weighted by atomic mass is 10.2. The molecule has 3 amide bonds. The van der Waals surface area contributed by atoms with Crippen molar-refractivity contribution in [1.29, 1.82) is 0 Å². The number of aryl methyl sites for hydroxylation is 1. The van der Waals surface area contributed by atoms with Gasteiger partial charge in [0.1, 0.15) is 5.82 Å². The Morgan fingerprint density at radius 3 is 2.85 bits per heavy atom. The van der Waals surface area contributed by atoms with E-state index in [9.17, 15) is 14.0 Å². The summed E-state index contributed by atoms with van der Waals surface area (Å²) in [6, 6.07) is 2.39. The third kappa shape index (κ3) is 1.96. The molecule has 0 atom stereocenters. The number of imide groups is 1. The van der Waals surface area contributed by atoms with Crippen molar-refractivity contribution in [3.05, 3.63) is 22.4 Å². The number of anilines is 1. The number of hydrogen-bond acceptors (Lipinski definition) is 3. The van der Waals surface area contributed by atoms with Crippen LogP contribution in [0.25, 0.3) is 10.9 Å². The maximum absolute atomic E-state index is 13.7. The van der Waals surface area contributed by atoms with E-state index in [1.807, 2.05) is 0 Å². The van der Waals surface area contributed by atoms with Crippen molar-refractivity contribution in [3.63, 3.8) is 0 Å². The van der Waals surface area contributed by atoms with Gasteiger partial charge in [0.2, 0.25) is 5.91 Å². The first kappa shape index (κ1) is 13.0. The van der Waals surface area contributed by atoms with E-state index in [0.29, 0.717) is 21.2 Å². The van der Waals surface area contributed by atoms with Crippen LogP contribution in [0, 0.1) is 5.82 Å². The summed E-state index contributed by atoms with van der Waals surface area (Å²) in [4.78, 5) is 24.4. The second-order valence-corrected chi connectivity index (χ2v) is 5.34. The zero-order valence-electron chi connectivity index (χ0n) is 10.5. The topological polar surface area (TPSA) is 67.2 Å². The van der Waals surface area contributed by atoms with E-state index in [1.54, 1.807) is 17.8 Å². The summed E-state index contributed by atoms with van der Waals surface area (Å²) >= 11 is 3.12. The molecular weight excluding hydrogens is 331 g/mol. The van der Waals surface area contributed by atoms with Crippen LogP contribution in [0.4, 0.5) is 15.0 Å². The van der Waals surface area contributed by atoms with E-state index in [1.165, 1.54) is 11.0 Å². The second-order valence-electron chi connectivity index (χ2n) is 4.49. The summed E-state index contributed by atoms with van der Waals surface area (Å²) < 4.78 is 15.6. The molecule has 2 aromatic rings. The highest BCUT2D eigenvalue weighted by Gasteiger charge is 2.28. The lowest BCUT2D eigenvalue weighted by Gasteiger charge is -2.24. The molecule has 3 rings (SSSR count). The Kier molecular flexibility index (Phi) is 2.97. The summed E-state index contributed by atoms with van der Waals surface area (Å²) in [5.74, 6) is -0.403. The lowest BCUT2D eigenvalue weighted by Crippen LogP contribution is -2.49. The number of carbonyl (C=O) groups excluding carboxylic acids is 2. The molecule has 0 aliphatic carbocycles. The quantitative estimate of drug-likeness (QED) is 0.862. The number of rotatable bonds is 1. The van der Waals surface area contributed by atoms with Gasteiger partial charge in [-0.3, -0.25) is 19.7 Å². The molecule has 8 heteroatoms. The van der Waals surface area contributed by atoms with Crippen LogP contribution in [0.2, 0.25) is 0 Å². The Hall–Kier alpha value is -1.96. The zero-order valence-corrected chi connectivity index (χ0v) is 12.1. The van der Waals surface area contributed by atoms with Crippen molar-refractivity contribution in [2.24, 2.45) is 7.05 Å². The smallest absolute Gasteiger partial charge is 0.278 e. The molecular formula is C12H10BrFN4O2. The first-order chi connectivity index (χ1) is 9.47. The van der Waals surface area contributed by atoms with Gasteiger partial charge in [-0.25, -0.2) is 9.18 Å². The number of benzene rings is 1. The average molecular weight is 341 g/mol. The SMILES string of the molecule is Cn1nc(N2CCC(=O)NC2=O)c2cc(F)c(Br)cc21. The van der Waals surface area contributed by atoms with Crippen molar-refractivity contribution >= 4 is 44.6 Å². The second kappa shape index (κ2) is 4.55. The molecule has 0 saturated carbocycles. The Labute approximate surface area is 121 Å². The molecule has 0 unspecified atom stereocenters. The summed E-state index contributed by atoms with van der Waals surface area (Å²) in [7, 11) is 1.71. The van der Waals surface area contributed by atoms with Gasteiger partial charge in [-0.05, 0) is 28.1 Å². The fourth-order valence-corrected chi connectivity index (χ4v) is 2.53. The Morgan fingerprint density at radius 2 is 2.15 bits per heavy atom. The van der Waals surface area contributed by atoms with Crippen LogP contribution < -0.4 is 10.2 Å². The van der Waals surface area contributed by atoms with Gasteiger partial charge in [-0.15, -0.1) is 0 Å². The van der Waals surface area contributed by atoms with Crippen LogP contribution in [0.5, 0.6) is 0 Å². The highest BCUT2D eigenvalue weighted by molar-refractivity contribution is 9.10. The number of urea groups is 1. The van der Waals surface area contributed by atoms with Gasteiger partial charge in [-0.1, -0.05) is 0 Å². The molecule has 0 bridgehead atoms. The molecule has 104 valence electrons. The number of fused-ring (bicyclic) bond motifs is 1. The van der Waals surface area contributed by atoms with Crippen molar-refractivity contribution in [2.45, 2.75) is 6.42 Å². The van der Waals surface area contributed by atoms with Gasteiger partial charge in [0.15, 0.2) is 5.82 Å². The van der Waals surface area contributed by atoms with Crippen LogP contribution in [0.3, 0.4) is 0 Å². The monoisotopic (exact) mass is 340 g/mol. The molecule has 1 aliphatic rings. The highest BCUT2D eigenvalue weighted by Crippen LogP contribution is 2.30. The minimum atomic E-state index is -0.537. The van der Waals surface area contributed by atoms with Gasteiger partial charge >= 0.3 is 6.03 Å². The van der Waals surface area contributed by atoms with Crippen molar-refractivity contribution < 1.29 is 14.0 Å². The van der Waals surface area contributed by atoms with E-state index in [2.05, 4.69) is 26.3 Å². The number of hydrogen-bond donors (Lipinski definition) is 1. The summed E-state index contributed by atoms with van der Waals surface area (Å²) in [5, 5.41) is 7.00. The van der Waals surface area contributed by atoms with Crippen LogP contribution in [-0.4, -0.2) is 28.3 Å². The fraction of sp³-hybridized carbons (Fsp3) is 0.250. The number of nitrogens with zero attached hydrogens (tertiary/aromatic N) is 3. The van der Waals surface area contributed by atoms with Crippen LogP contribution in [0.1, 0.15) is 6.42 Å². The minimum Gasteiger partial charge on any atom is -0.278 e. The minimum absolute atomic E-state index is 0.197. The maximum atomic E-state index is 13.7. The van der Waals surface area contributed by atoms with Crippen molar-refractivity contribution in [2.75, 3.05) is 11.4 Å². The predicted molar refractivity (Wildman–Crippen MR) is 73.9 cm³/mol. The number of aromatic nitrogens is 2. The van der Waals surface area contributed by atoms with E-state index in [-0.39, 0.29) is 18.9 Å². The van der Waals surface area contributed by atoms with E-state index < -0.39 is 11.8 Å². The number of nitrogens with one attached hydrogen (secondary N) is 1. The van der Waals surface area contributed by atoms with Gasteiger partial charge < -0.3 is 0 Å². The Bertz CT molecular complexity index is 743. The van der Waals surface area contributed by atoms with Crippen molar-refractivity contribution in [3.8, 4) is 0 Å². The van der Waals surface area contributed by atoms with Crippen LogP contribution in [0.15, 0.2) is 16.6 Å². The van der Waals surface area contributed by atoms with Gasteiger partial charge in [0.25, 0.3) is 0 Å².